The van der Waals surface area contributed by atoms with Gasteiger partial charge in [0.1, 0.15) is 6.54 Å². The third kappa shape index (κ3) is 4.76. The van der Waals surface area contributed by atoms with Gasteiger partial charge in [-0.15, -0.1) is 0 Å². The zero-order valence-corrected chi connectivity index (χ0v) is 16.0. The van der Waals surface area contributed by atoms with E-state index in [2.05, 4.69) is 11.1 Å². The summed E-state index contributed by atoms with van der Waals surface area (Å²) < 4.78 is 1.30. The van der Waals surface area contributed by atoms with Gasteiger partial charge in [0, 0.05) is 24.3 Å². The Morgan fingerprint density at radius 1 is 1.19 bits per heavy atom. The van der Waals surface area contributed by atoms with Crippen LogP contribution in [0.2, 0.25) is 0 Å². The second-order valence-corrected chi connectivity index (χ2v) is 7.50. The lowest BCUT2D eigenvalue weighted by Crippen LogP contribution is -2.44. The van der Waals surface area contributed by atoms with Crippen LogP contribution in [0.4, 0.5) is 0 Å². The largest absolute Gasteiger partial charge is 0.334 e. The van der Waals surface area contributed by atoms with Gasteiger partial charge in [0.25, 0.3) is 5.56 Å². The van der Waals surface area contributed by atoms with Gasteiger partial charge < -0.3 is 4.90 Å². The predicted octanol–water partition coefficient (Wildman–Crippen LogP) is 2.51. The van der Waals surface area contributed by atoms with Crippen LogP contribution < -0.4 is 11.2 Å². The van der Waals surface area contributed by atoms with Crippen LogP contribution in [-0.2, 0) is 17.9 Å². The van der Waals surface area contributed by atoms with Crippen LogP contribution in [-0.4, -0.2) is 26.4 Å². The highest BCUT2D eigenvalue weighted by atomic mass is 16.2. The maximum atomic E-state index is 13.1. The standard InChI is InChI=1S/C21H27N3O3/c1-15-7-6-8-17(11-15)13-24(18-9-4-3-5-10-18)19(25)14-23-12-16(2)20(26)22-21(23)27/h6-8,11-12,18H,3-5,9-10,13-14H2,1-2H3,(H,22,26,27). The predicted molar refractivity (Wildman–Crippen MR) is 105 cm³/mol. The van der Waals surface area contributed by atoms with Crippen molar-refractivity contribution < 1.29 is 4.79 Å². The van der Waals surface area contributed by atoms with E-state index in [0.29, 0.717) is 12.1 Å². The molecular formula is C21H27N3O3. The summed E-state index contributed by atoms with van der Waals surface area (Å²) in [5.41, 5.74) is 1.73. The molecule has 1 N–H and O–H groups in total. The third-order valence-corrected chi connectivity index (χ3v) is 5.27. The number of benzene rings is 1. The molecule has 0 radical (unpaired) electrons. The van der Waals surface area contributed by atoms with Gasteiger partial charge >= 0.3 is 5.69 Å². The number of nitrogens with one attached hydrogen (secondary N) is 1. The Hall–Kier alpha value is -2.63. The number of aromatic nitrogens is 2. The van der Waals surface area contributed by atoms with Crippen LogP contribution >= 0.6 is 0 Å². The number of aryl methyl sites for hydroxylation is 2. The first-order valence-electron chi connectivity index (χ1n) is 9.59. The molecule has 0 aliphatic heterocycles. The van der Waals surface area contributed by atoms with E-state index >= 15 is 0 Å². The molecule has 3 rings (SSSR count). The molecule has 0 spiro atoms. The second kappa shape index (κ2) is 8.37. The summed E-state index contributed by atoms with van der Waals surface area (Å²) in [7, 11) is 0. The first-order valence-corrected chi connectivity index (χ1v) is 9.59. The topological polar surface area (TPSA) is 75.2 Å². The van der Waals surface area contributed by atoms with Crippen LogP contribution in [0.1, 0.15) is 48.8 Å². The van der Waals surface area contributed by atoms with Gasteiger partial charge in [-0.1, -0.05) is 49.1 Å². The molecule has 2 aromatic rings. The molecule has 144 valence electrons. The highest BCUT2D eigenvalue weighted by Gasteiger charge is 2.26. The fourth-order valence-corrected chi connectivity index (χ4v) is 3.79. The molecule has 1 saturated carbocycles. The molecule has 6 nitrogen and oxygen atoms in total. The van der Waals surface area contributed by atoms with Gasteiger partial charge in [0.2, 0.25) is 5.91 Å². The van der Waals surface area contributed by atoms with E-state index in [-0.39, 0.29) is 18.5 Å². The highest BCUT2D eigenvalue weighted by Crippen LogP contribution is 2.24. The van der Waals surface area contributed by atoms with Gasteiger partial charge in [0.05, 0.1) is 0 Å². The van der Waals surface area contributed by atoms with Crippen molar-refractivity contribution in [3.8, 4) is 0 Å². The van der Waals surface area contributed by atoms with E-state index in [1.165, 1.54) is 17.2 Å². The van der Waals surface area contributed by atoms with E-state index in [1.807, 2.05) is 30.0 Å². The van der Waals surface area contributed by atoms with Crippen molar-refractivity contribution in [3.05, 3.63) is 68.0 Å². The molecule has 1 amide bonds. The van der Waals surface area contributed by atoms with Gasteiger partial charge in [-0.05, 0) is 32.3 Å². The van der Waals surface area contributed by atoms with Crippen molar-refractivity contribution in [1.29, 1.82) is 0 Å². The summed E-state index contributed by atoms with van der Waals surface area (Å²) in [4.78, 5) is 40.9. The van der Waals surface area contributed by atoms with E-state index < -0.39 is 11.2 Å². The van der Waals surface area contributed by atoms with Crippen molar-refractivity contribution in [2.45, 2.75) is 65.1 Å². The summed E-state index contributed by atoms with van der Waals surface area (Å²) in [5.74, 6) is -0.0862. The molecule has 0 saturated heterocycles. The number of H-pyrrole nitrogens is 1. The molecule has 1 aliphatic rings. The average Bonchev–Trinajstić information content (AvgIpc) is 2.65. The van der Waals surface area contributed by atoms with Crippen LogP contribution in [0.25, 0.3) is 0 Å². The molecular weight excluding hydrogens is 342 g/mol. The lowest BCUT2D eigenvalue weighted by Gasteiger charge is -2.34. The Balaban J connectivity index is 1.85. The lowest BCUT2D eigenvalue weighted by molar-refractivity contribution is -0.135. The van der Waals surface area contributed by atoms with Crippen LogP contribution in [0.3, 0.4) is 0 Å². The minimum atomic E-state index is -0.543. The smallest absolute Gasteiger partial charge is 0.328 e. The van der Waals surface area contributed by atoms with E-state index in [1.54, 1.807) is 6.92 Å². The summed E-state index contributed by atoms with van der Waals surface area (Å²) in [6.07, 6.45) is 6.92. The van der Waals surface area contributed by atoms with E-state index in [0.717, 1.165) is 36.8 Å². The summed E-state index contributed by atoms with van der Waals surface area (Å²) >= 11 is 0. The Morgan fingerprint density at radius 2 is 1.93 bits per heavy atom. The number of carbonyl (C=O) groups excluding carboxylic acids is 1. The maximum absolute atomic E-state index is 13.1. The van der Waals surface area contributed by atoms with Crippen molar-refractivity contribution in [3.63, 3.8) is 0 Å². The zero-order chi connectivity index (χ0) is 19.4. The van der Waals surface area contributed by atoms with Gasteiger partial charge in [0.15, 0.2) is 0 Å². The third-order valence-electron chi connectivity index (χ3n) is 5.27. The molecule has 1 heterocycles. The number of aromatic amines is 1. The fourth-order valence-electron chi connectivity index (χ4n) is 3.79. The first-order chi connectivity index (χ1) is 12.9. The number of carbonyl (C=O) groups is 1. The molecule has 1 aliphatic carbocycles. The molecule has 27 heavy (non-hydrogen) atoms. The Kier molecular flexibility index (Phi) is 5.94. The van der Waals surface area contributed by atoms with E-state index in [4.69, 9.17) is 0 Å². The molecule has 1 aromatic heterocycles. The molecule has 6 heteroatoms. The monoisotopic (exact) mass is 369 g/mol. The molecule has 1 fully saturated rings. The maximum Gasteiger partial charge on any atom is 0.328 e. The van der Waals surface area contributed by atoms with Crippen LogP contribution in [0.15, 0.2) is 40.1 Å². The van der Waals surface area contributed by atoms with Crippen LogP contribution in [0.5, 0.6) is 0 Å². The van der Waals surface area contributed by atoms with Gasteiger partial charge in [-0.3, -0.25) is 19.1 Å². The van der Waals surface area contributed by atoms with Gasteiger partial charge in [-0.25, -0.2) is 4.79 Å². The minimum absolute atomic E-state index is 0.0568. The summed E-state index contributed by atoms with van der Waals surface area (Å²) in [5, 5.41) is 0. The Morgan fingerprint density at radius 3 is 2.63 bits per heavy atom. The molecule has 1 aromatic carbocycles. The number of amides is 1. The van der Waals surface area contributed by atoms with E-state index in [9.17, 15) is 14.4 Å². The summed E-state index contributed by atoms with van der Waals surface area (Å²) in [6, 6.07) is 8.38. The minimum Gasteiger partial charge on any atom is -0.334 e. The average molecular weight is 369 g/mol. The quantitative estimate of drug-likeness (QED) is 0.880. The Labute approximate surface area is 158 Å². The van der Waals surface area contributed by atoms with Crippen molar-refractivity contribution in [2.24, 2.45) is 0 Å². The number of nitrogens with zero attached hydrogens (tertiary/aromatic N) is 2. The van der Waals surface area contributed by atoms with Crippen molar-refractivity contribution >= 4 is 5.91 Å². The van der Waals surface area contributed by atoms with Crippen molar-refractivity contribution in [2.75, 3.05) is 0 Å². The van der Waals surface area contributed by atoms with Gasteiger partial charge in [-0.2, -0.15) is 0 Å². The molecule has 0 atom stereocenters. The number of hydrogen-bond donors (Lipinski definition) is 1. The summed E-state index contributed by atoms with van der Waals surface area (Å²) in [6.45, 7) is 4.16. The molecule has 0 bridgehead atoms. The van der Waals surface area contributed by atoms with Crippen LogP contribution in [0, 0.1) is 13.8 Å². The number of hydrogen-bond acceptors (Lipinski definition) is 3. The fraction of sp³-hybridized carbons (Fsp3) is 0.476. The normalized spacial score (nSPS) is 14.9. The SMILES string of the molecule is Cc1cccc(CN(C(=O)Cn2cc(C)c(=O)[nH]c2=O)C2CCCCC2)c1. The zero-order valence-electron chi connectivity index (χ0n) is 16.0. The molecule has 0 unspecified atom stereocenters. The lowest BCUT2D eigenvalue weighted by atomic mass is 9.93. The first kappa shape index (κ1) is 19.1. The number of rotatable bonds is 5. The Bertz CT molecular complexity index is 923. The van der Waals surface area contributed by atoms with Crippen molar-refractivity contribution in [1.82, 2.24) is 14.5 Å². The highest BCUT2D eigenvalue weighted by molar-refractivity contribution is 5.76. The second-order valence-electron chi connectivity index (χ2n) is 7.50.